The van der Waals surface area contributed by atoms with Gasteiger partial charge in [0.1, 0.15) is 18.1 Å². The van der Waals surface area contributed by atoms with Crippen molar-refractivity contribution in [2.24, 2.45) is 0 Å². The molecule has 1 heterocycles. The Morgan fingerprint density at radius 3 is 2.43 bits per heavy atom. The Morgan fingerprint density at radius 2 is 1.74 bits per heavy atom. The summed E-state index contributed by atoms with van der Waals surface area (Å²) in [4.78, 5) is 8.17. The highest BCUT2D eigenvalue weighted by atomic mass is 35.5. The van der Waals surface area contributed by atoms with Gasteiger partial charge >= 0.3 is 0 Å². The SMILES string of the molecule is COc1cc2c(Cl)ncnc2cc1OCc1ccccc1.Cl.Cl. The highest BCUT2D eigenvalue weighted by Crippen LogP contribution is 2.34. The fourth-order valence-corrected chi connectivity index (χ4v) is 2.24. The number of benzene rings is 2. The van der Waals surface area contributed by atoms with Crippen LogP contribution in [0.5, 0.6) is 11.5 Å². The maximum Gasteiger partial charge on any atom is 0.163 e. The zero-order valence-corrected chi connectivity index (χ0v) is 14.6. The highest BCUT2D eigenvalue weighted by molar-refractivity contribution is 6.34. The molecule has 7 heteroatoms. The Labute approximate surface area is 151 Å². The summed E-state index contributed by atoms with van der Waals surface area (Å²) in [6.45, 7) is 0.460. The maximum absolute atomic E-state index is 6.06. The molecular weight excluding hydrogens is 359 g/mol. The van der Waals surface area contributed by atoms with E-state index in [4.69, 9.17) is 21.1 Å². The third-order valence-corrected chi connectivity index (χ3v) is 3.41. The largest absolute Gasteiger partial charge is 0.493 e. The van der Waals surface area contributed by atoms with Crippen LogP contribution < -0.4 is 9.47 Å². The van der Waals surface area contributed by atoms with Crippen molar-refractivity contribution in [3.8, 4) is 11.5 Å². The lowest BCUT2D eigenvalue weighted by Crippen LogP contribution is -1.98. The number of ether oxygens (including phenoxy) is 2. The van der Waals surface area contributed by atoms with Crippen LogP contribution in [-0.2, 0) is 6.61 Å². The van der Waals surface area contributed by atoms with Crippen LogP contribution in [0, 0.1) is 0 Å². The van der Waals surface area contributed by atoms with Crippen molar-refractivity contribution in [2.75, 3.05) is 7.11 Å². The average Bonchev–Trinajstić information content (AvgIpc) is 2.53. The van der Waals surface area contributed by atoms with E-state index in [1.807, 2.05) is 36.4 Å². The van der Waals surface area contributed by atoms with E-state index in [9.17, 15) is 0 Å². The van der Waals surface area contributed by atoms with Gasteiger partial charge < -0.3 is 9.47 Å². The van der Waals surface area contributed by atoms with Crippen LogP contribution >= 0.6 is 36.4 Å². The lowest BCUT2D eigenvalue weighted by molar-refractivity contribution is 0.285. The van der Waals surface area contributed by atoms with Crippen LogP contribution in [0.4, 0.5) is 0 Å². The van der Waals surface area contributed by atoms with Gasteiger partial charge in [0.2, 0.25) is 0 Å². The summed E-state index contributed by atoms with van der Waals surface area (Å²) in [6.07, 6.45) is 1.43. The summed E-state index contributed by atoms with van der Waals surface area (Å²) in [5.41, 5.74) is 1.80. The molecule has 23 heavy (non-hydrogen) atoms. The fourth-order valence-electron chi connectivity index (χ4n) is 2.04. The lowest BCUT2D eigenvalue weighted by Gasteiger charge is -2.12. The lowest BCUT2D eigenvalue weighted by atomic mass is 10.2. The van der Waals surface area contributed by atoms with Crippen LogP contribution in [0.25, 0.3) is 10.9 Å². The Morgan fingerprint density at radius 1 is 1.00 bits per heavy atom. The molecule has 4 nitrogen and oxygen atoms in total. The van der Waals surface area contributed by atoms with Gasteiger partial charge in [0, 0.05) is 11.5 Å². The number of nitrogens with zero attached hydrogens (tertiary/aromatic N) is 2. The molecule has 1 aromatic heterocycles. The molecule has 0 N–H and O–H groups in total. The van der Waals surface area contributed by atoms with Gasteiger partial charge in [-0.05, 0) is 11.6 Å². The van der Waals surface area contributed by atoms with Gasteiger partial charge in [0.15, 0.2) is 11.5 Å². The number of rotatable bonds is 4. The molecule has 0 aliphatic rings. The number of hydrogen-bond acceptors (Lipinski definition) is 4. The third kappa shape index (κ3) is 4.38. The first kappa shape index (κ1) is 19.3. The van der Waals surface area contributed by atoms with Crippen molar-refractivity contribution in [1.82, 2.24) is 9.97 Å². The van der Waals surface area contributed by atoms with Crippen molar-refractivity contribution < 1.29 is 9.47 Å². The maximum atomic E-state index is 6.06. The Hall–Kier alpha value is -1.75. The molecule has 0 saturated carbocycles. The summed E-state index contributed by atoms with van der Waals surface area (Å²) in [7, 11) is 1.59. The molecular formula is C16H15Cl3N2O2. The van der Waals surface area contributed by atoms with Gasteiger partial charge in [-0.3, -0.25) is 0 Å². The van der Waals surface area contributed by atoms with E-state index in [-0.39, 0.29) is 24.8 Å². The van der Waals surface area contributed by atoms with Crippen LogP contribution in [0.2, 0.25) is 5.15 Å². The van der Waals surface area contributed by atoms with Gasteiger partial charge in [-0.2, -0.15) is 0 Å². The van der Waals surface area contributed by atoms with E-state index in [0.29, 0.717) is 23.3 Å². The molecule has 0 aliphatic carbocycles. The van der Waals surface area contributed by atoms with E-state index >= 15 is 0 Å². The molecule has 2 aromatic carbocycles. The van der Waals surface area contributed by atoms with Crippen LogP contribution in [0.1, 0.15) is 5.56 Å². The molecule has 0 spiro atoms. The molecule has 0 fully saturated rings. The summed E-state index contributed by atoms with van der Waals surface area (Å²) in [5, 5.41) is 1.14. The summed E-state index contributed by atoms with van der Waals surface area (Å²) >= 11 is 6.06. The third-order valence-electron chi connectivity index (χ3n) is 3.11. The van der Waals surface area contributed by atoms with E-state index in [1.54, 1.807) is 13.2 Å². The molecule has 0 amide bonds. The number of aromatic nitrogens is 2. The quantitative estimate of drug-likeness (QED) is 0.621. The molecule has 3 aromatic rings. The summed E-state index contributed by atoms with van der Waals surface area (Å²) in [5.74, 6) is 1.23. The predicted molar refractivity (Wildman–Crippen MR) is 96.4 cm³/mol. The minimum Gasteiger partial charge on any atom is -0.493 e. The minimum atomic E-state index is 0. The van der Waals surface area contributed by atoms with Gasteiger partial charge in [0.05, 0.1) is 12.6 Å². The monoisotopic (exact) mass is 372 g/mol. The average molecular weight is 374 g/mol. The zero-order valence-electron chi connectivity index (χ0n) is 12.2. The molecule has 0 aliphatic heterocycles. The molecule has 0 bridgehead atoms. The highest BCUT2D eigenvalue weighted by Gasteiger charge is 2.10. The van der Waals surface area contributed by atoms with Crippen LogP contribution in [0.15, 0.2) is 48.8 Å². The molecule has 0 radical (unpaired) electrons. The van der Waals surface area contributed by atoms with Gasteiger partial charge in [-0.15, -0.1) is 24.8 Å². The fraction of sp³-hybridized carbons (Fsp3) is 0.125. The second-order valence-electron chi connectivity index (χ2n) is 4.46. The Bertz CT molecular complexity index is 770. The van der Waals surface area contributed by atoms with E-state index < -0.39 is 0 Å². The molecule has 0 saturated heterocycles. The molecule has 0 atom stereocenters. The van der Waals surface area contributed by atoms with Gasteiger partial charge in [-0.1, -0.05) is 41.9 Å². The normalized spacial score (nSPS) is 9.65. The van der Waals surface area contributed by atoms with Crippen molar-refractivity contribution in [2.45, 2.75) is 6.61 Å². The summed E-state index contributed by atoms with van der Waals surface area (Å²) < 4.78 is 11.2. The topological polar surface area (TPSA) is 44.2 Å². The predicted octanol–water partition coefficient (Wildman–Crippen LogP) is 4.71. The van der Waals surface area contributed by atoms with E-state index in [1.165, 1.54) is 6.33 Å². The number of methoxy groups -OCH3 is 1. The van der Waals surface area contributed by atoms with Crippen LogP contribution in [-0.4, -0.2) is 17.1 Å². The number of halogens is 3. The first-order valence-corrected chi connectivity index (χ1v) is 6.80. The van der Waals surface area contributed by atoms with Gasteiger partial charge in [0.25, 0.3) is 0 Å². The Kier molecular flexibility index (Phi) is 7.36. The minimum absolute atomic E-state index is 0. The van der Waals surface area contributed by atoms with Crippen LogP contribution in [0.3, 0.4) is 0 Å². The molecule has 3 rings (SSSR count). The second kappa shape index (κ2) is 8.77. The molecule has 0 unspecified atom stereocenters. The zero-order chi connectivity index (χ0) is 14.7. The first-order chi connectivity index (χ1) is 10.3. The van der Waals surface area contributed by atoms with Crippen molar-refractivity contribution >= 4 is 47.3 Å². The Balaban J connectivity index is 0.00000132. The van der Waals surface area contributed by atoms with Gasteiger partial charge in [-0.25, -0.2) is 9.97 Å². The van der Waals surface area contributed by atoms with Crippen molar-refractivity contribution in [3.05, 3.63) is 59.5 Å². The first-order valence-electron chi connectivity index (χ1n) is 6.43. The summed E-state index contributed by atoms with van der Waals surface area (Å²) in [6, 6.07) is 13.5. The second-order valence-corrected chi connectivity index (χ2v) is 4.82. The standard InChI is InChI=1S/C16H13ClN2O2.2ClH/c1-20-14-7-12-13(18-10-19-16(12)17)8-15(14)21-9-11-5-3-2-4-6-11;;/h2-8,10H,9H2,1H3;2*1H. The van der Waals surface area contributed by atoms with E-state index in [0.717, 1.165) is 16.5 Å². The van der Waals surface area contributed by atoms with Crippen molar-refractivity contribution in [3.63, 3.8) is 0 Å². The van der Waals surface area contributed by atoms with Crippen molar-refractivity contribution in [1.29, 1.82) is 0 Å². The number of fused-ring (bicyclic) bond motifs is 1. The smallest absolute Gasteiger partial charge is 0.163 e. The molecule has 122 valence electrons. The number of hydrogen-bond donors (Lipinski definition) is 0. The van der Waals surface area contributed by atoms with E-state index in [2.05, 4.69) is 9.97 Å².